The molecule has 0 saturated carbocycles. The SMILES string of the molecule is Cn1cc2c(=O)n(-c3ccc(C(F)(F)F)cc3)c3ccc(C(=O)O)cc3c2n1. The van der Waals surface area contributed by atoms with Crippen molar-refractivity contribution in [2.75, 3.05) is 0 Å². The van der Waals surface area contributed by atoms with E-state index in [0.717, 1.165) is 12.1 Å². The van der Waals surface area contributed by atoms with Crippen LogP contribution in [-0.2, 0) is 13.2 Å². The third-order valence-electron chi connectivity index (χ3n) is 4.45. The Bertz CT molecular complexity index is 1300. The van der Waals surface area contributed by atoms with Crippen molar-refractivity contribution in [2.24, 2.45) is 7.05 Å². The summed E-state index contributed by atoms with van der Waals surface area (Å²) in [5, 5.41) is 14.2. The number of carboxylic acid groups (broad SMARTS) is 1. The van der Waals surface area contributed by atoms with Crippen LogP contribution < -0.4 is 5.56 Å². The van der Waals surface area contributed by atoms with Gasteiger partial charge < -0.3 is 5.11 Å². The van der Waals surface area contributed by atoms with Crippen LogP contribution in [0.15, 0.2) is 53.5 Å². The fourth-order valence-corrected chi connectivity index (χ4v) is 3.18. The van der Waals surface area contributed by atoms with Crippen molar-refractivity contribution in [3.05, 3.63) is 70.1 Å². The largest absolute Gasteiger partial charge is 0.478 e. The monoisotopic (exact) mass is 387 g/mol. The van der Waals surface area contributed by atoms with E-state index in [1.54, 1.807) is 7.05 Å². The predicted octanol–water partition coefficient (Wildman–Crippen LogP) is 3.59. The van der Waals surface area contributed by atoms with E-state index in [1.165, 1.54) is 45.8 Å². The molecule has 28 heavy (non-hydrogen) atoms. The van der Waals surface area contributed by atoms with Crippen LogP contribution >= 0.6 is 0 Å². The molecule has 0 radical (unpaired) electrons. The Labute approximate surface area is 155 Å². The quantitative estimate of drug-likeness (QED) is 0.570. The molecule has 0 spiro atoms. The number of rotatable bonds is 2. The van der Waals surface area contributed by atoms with Crippen molar-refractivity contribution in [2.45, 2.75) is 6.18 Å². The van der Waals surface area contributed by atoms with Gasteiger partial charge in [0.1, 0.15) is 5.52 Å². The summed E-state index contributed by atoms with van der Waals surface area (Å²) in [4.78, 5) is 24.4. The van der Waals surface area contributed by atoms with Gasteiger partial charge in [0, 0.05) is 24.3 Å². The summed E-state index contributed by atoms with van der Waals surface area (Å²) < 4.78 is 41.2. The fraction of sp³-hybridized carbons (Fsp3) is 0.105. The zero-order chi connectivity index (χ0) is 20.2. The molecule has 6 nitrogen and oxygen atoms in total. The van der Waals surface area contributed by atoms with Crippen molar-refractivity contribution >= 4 is 27.8 Å². The minimum atomic E-state index is -4.49. The second-order valence-corrected chi connectivity index (χ2v) is 6.29. The summed E-state index contributed by atoms with van der Waals surface area (Å²) in [5.41, 5.74) is -0.369. The summed E-state index contributed by atoms with van der Waals surface area (Å²) >= 11 is 0. The number of alkyl halides is 3. The highest BCUT2D eigenvalue weighted by Crippen LogP contribution is 2.30. The van der Waals surface area contributed by atoms with Gasteiger partial charge in [0.05, 0.1) is 22.0 Å². The number of hydrogen-bond acceptors (Lipinski definition) is 3. The van der Waals surface area contributed by atoms with Gasteiger partial charge in [-0.15, -0.1) is 0 Å². The minimum Gasteiger partial charge on any atom is -0.478 e. The third-order valence-corrected chi connectivity index (χ3v) is 4.45. The van der Waals surface area contributed by atoms with Gasteiger partial charge in [0.15, 0.2) is 0 Å². The maximum absolute atomic E-state index is 13.0. The number of halogens is 3. The van der Waals surface area contributed by atoms with Crippen molar-refractivity contribution in [1.82, 2.24) is 14.3 Å². The molecule has 0 aliphatic carbocycles. The maximum Gasteiger partial charge on any atom is 0.416 e. The first-order valence-electron chi connectivity index (χ1n) is 8.10. The lowest BCUT2D eigenvalue weighted by Crippen LogP contribution is -2.19. The molecule has 0 amide bonds. The van der Waals surface area contributed by atoms with Crippen LogP contribution in [0.4, 0.5) is 13.2 Å². The van der Waals surface area contributed by atoms with E-state index in [4.69, 9.17) is 0 Å². The van der Waals surface area contributed by atoms with Gasteiger partial charge in [0.2, 0.25) is 0 Å². The average molecular weight is 387 g/mol. The normalized spacial score (nSPS) is 12.0. The second kappa shape index (κ2) is 5.95. The fourth-order valence-electron chi connectivity index (χ4n) is 3.18. The molecule has 2 aromatic heterocycles. The summed E-state index contributed by atoms with van der Waals surface area (Å²) in [6, 6.07) is 8.38. The van der Waals surface area contributed by atoms with E-state index in [2.05, 4.69) is 5.10 Å². The van der Waals surface area contributed by atoms with Gasteiger partial charge in [-0.25, -0.2) is 4.79 Å². The number of hydrogen-bond donors (Lipinski definition) is 1. The first kappa shape index (κ1) is 17.8. The number of aryl methyl sites for hydroxylation is 1. The summed E-state index contributed by atoms with van der Waals surface area (Å²) in [7, 11) is 1.62. The van der Waals surface area contributed by atoms with E-state index in [1.807, 2.05) is 0 Å². The highest BCUT2D eigenvalue weighted by atomic mass is 19.4. The zero-order valence-electron chi connectivity index (χ0n) is 14.4. The topological polar surface area (TPSA) is 77.1 Å². The van der Waals surface area contributed by atoms with E-state index in [0.29, 0.717) is 16.4 Å². The number of aromatic nitrogens is 3. The highest BCUT2D eigenvalue weighted by molar-refractivity contribution is 6.06. The maximum atomic E-state index is 13.0. The van der Waals surface area contributed by atoms with E-state index < -0.39 is 23.3 Å². The zero-order valence-corrected chi connectivity index (χ0v) is 14.4. The Morgan fingerprint density at radius 3 is 2.36 bits per heavy atom. The minimum absolute atomic E-state index is 0.0112. The molecule has 4 aromatic rings. The molecule has 4 rings (SSSR count). The summed E-state index contributed by atoms with van der Waals surface area (Å²) in [5.74, 6) is -1.14. The predicted molar refractivity (Wildman–Crippen MR) is 95.8 cm³/mol. The van der Waals surface area contributed by atoms with Crippen LogP contribution in [0.2, 0.25) is 0 Å². The number of pyridine rings is 1. The molecule has 2 heterocycles. The Balaban J connectivity index is 2.08. The molecule has 0 aliphatic rings. The molecule has 1 N–H and O–H groups in total. The first-order valence-corrected chi connectivity index (χ1v) is 8.10. The summed E-state index contributed by atoms with van der Waals surface area (Å²) in [6.07, 6.45) is -3.00. The lowest BCUT2D eigenvalue weighted by atomic mass is 10.1. The van der Waals surface area contributed by atoms with Crippen molar-refractivity contribution in [3.63, 3.8) is 0 Å². The van der Waals surface area contributed by atoms with Crippen LogP contribution in [-0.4, -0.2) is 25.4 Å². The highest BCUT2D eigenvalue weighted by Gasteiger charge is 2.30. The van der Waals surface area contributed by atoms with Crippen molar-refractivity contribution in [1.29, 1.82) is 0 Å². The van der Waals surface area contributed by atoms with Gasteiger partial charge in [-0.2, -0.15) is 18.3 Å². The van der Waals surface area contributed by atoms with E-state index >= 15 is 0 Å². The summed E-state index contributed by atoms with van der Waals surface area (Å²) in [6.45, 7) is 0. The van der Waals surface area contributed by atoms with Crippen LogP contribution in [0.1, 0.15) is 15.9 Å². The molecule has 9 heteroatoms. The number of carboxylic acids is 1. The lowest BCUT2D eigenvalue weighted by molar-refractivity contribution is -0.137. The lowest BCUT2D eigenvalue weighted by Gasteiger charge is -2.13. The standard InChI is InChI=1S/C19H12F3N3O3/c1-24-9-14-16(23-24)13-8-10(18(27)28)2-7-15(13)25(17(14)26)12-5-3-11(4-6-12)19(20,21)22/h2-9H,1H3,(H,27,28). The van der Waals surface area contributed by atoms with Crippen molar-refractivity contribution in [3.8, 4) is 5.69 Å². The molecule has 0 aliphatic heterocycles. The molecule has 0 bridgehead atoms. The van der Waals surface area contributed by atoms with E-state index in [9.17, 15) is 27.9 Å². The first-order chi connectivity index (χ1) is 13.2. The van der Waals surface area contributed by atoms with Crippen LogP contribution in [0.3, 0.4) is 0 Å². The molecule has 142 valence electrons. The van der Waals surface area contributed by atoms with Gasteiger partial charge >= 0.3 is 12.1 Å². The Morgan fingerprint density at radius 2 is 1.75 bits per heavy atom. The molecule has 0 saturated heterocycles. The average Bonchev–Trinajstić information content (AvgIpc) is 3.03. The number of nitrogens with zero attached hydrogens (tertiary/aromatic N) is 3. The smallest absolute Gasteiger partial charge is 0.416 e. The molecular weight excluding hydrogens is 375 g/mol. The van der Waals surface area contributed by atoms with Gasteiger partial charge in [-0.05, 0) is 42.5 Å². The van der Waals surface area contributed by atoms with Gasteiger partial charge in [-0.3, -0.25) is 14.0 Å². The van der Waals surface area contributed by atoms with Crippen LogP contribution in [0.25, 0.3) is 27.5 Å². The number of benzene rings is 2. The number of aromatic carboxylic acids is 1. The molecule has 0 atom stereocenters. The number of fused-ring (bicyclic) bond motifs is 3. The molecule has 0 unspecified atom stereocenters. The molecular formula is C19H12F3N3O3. The van der Waals surface area contributed by atoms with Crippen LogP contribution in [0, 0.1) is 0 Å². The Morgan fingerprint density at radius 1 is 1.07 bits per heavy atom. The number of carbonyl (C=O) groups is 1. The van der Waals surface area contributed by atoms with Crippen molar-refractivity contribution < 1.29 is 23.1 Å². The van der Waals surface area contributed by atoms with E-state index in [-0.39, 0.29) is 16.6 Å². The van der Waals surface area contributed by atoms with Crippen LogP contribution in [0.5, 0.6) is 0 Å². The Kier molecular flexibility index (Phi) is 3.77. The van der Waals surface area contributed by atoms with Gasteiger partial charge in [-0.1, -0.05) is 0 Å². The van der Waals surface area contributed by atoms with Gasteiger partial charge in [0.25, 0.3) is 5.56 Å². The molecule has 2 aromatic carbocycles. The Hall–Kier alpha value is -3.62. The second-order valence-electron chi connectivity index (χ2n) is 6.29. The third kappa shape index (κ3) is 2.72. The molecule has 0 fully saturated rings.